The van der Waals surface area contributed by atoms with Crippen LogP contribution in [0.25, 0.3) is 10.8 Å². The lowest BCUT2D eigenvalue weighted by Gasteiger charge is -2.06. The van der Waals surface area contributed by atoms with E-state index in [2.05, 4.69) is 0 Å². The first-order chi connectivity index (χ1) is 8.50. The molecule has 0 saturated carbocycles. The molecule has 0 aliphatic heterocycles. The minimum atomic E-state index is -4.15. The van der Waals surface area contributed by atoms with E-state index in [1.54, 1.807) is 18.2 Å². The highest BCUT2D eigenvalue weighted by molar-refractivity contribution is 7.85. The van der Waals surface area contributed by atoms with Crippen molar-refractivity contribution in [1.82, 2.24) is 0 Å². The van der Waals surface area contributed by atoms with E-state index in [1.165, 1.54) is 12.1 Å². The molecule has 18 heavy (non-hydrogen) atoms. The maximum Gasteiger partial charge on any atom is 0.294 e. The zero-order chi connectivity index (χ0) is 13.2. The molecule has 0 aliphatic rings. The summed E-state index contributed by atoms with van der Waals surface area (Å²) in [5.41, 5.74) is 0. The SMILES string of the molecule is CCCOc1ccc2cc(S(=O)(=O)O)ccc2c1. The third-order valence-corrected chi connectivity index (χ3v) is 3.40. The third-order valence-electron chi connectivity index (χ3n) is 2.55. The van der Waals surface area contributed by atoms with E-state index in [9.17, 15) is 8.42 Å². The second kappa shape index (κ2) is 4.96. The molecule has 0 amide bonds. The van der Waals surface area contributed by atoms with Crippen molar-refractivity contribution in [2.24, 2.45) is 0 Å². The van der Waals surface area contributed by atoms with Gasteiger partial charge in [-0.3, -0.25) is 4.55 Å². The summed E-state index contributed by atoms with van der Waals surface area (Å²) in [5, 5.41) is 1.62. The lowest BCUT2D eigenvalue weighted by atomic mass is 10.1. The van der Waals surface area contributed by atoms with Crippen molar-refractivity contribution in [3.8, 4) is 5.75 Å². The Morgan fingerprint density at radius 1 is 1.11 bits per heavy atom. The van der Waals surface area contributed by atoms with Gasteiger partial charge in [-0.1, -0.05) is 19.1 Å². The minimum Gasteiger partial charge on any atom is -0.494 e. The highest BCUT2D eigenvalue weighted by Crippen LogP contribution is 2.23. The Balaban J connectivity index is 2.42. The Morgan fingerprint density at radius 3 is 2.44 bits per heavy atom. The summed E-state index contributed by atoms with van der Waals surface area (Å²) >= 11 is 0. The van der Waals surface area contributed by atoms with Gasteiger partial charge in [0.2, 0.25) is 0 Å². The van der Waals surface area contributed by atoms with Crippen molar-refractivity contribution in [3.05, 3.63) is 36.4 Å². The number of rotatable bonds is 4. The summed E-state index contributed by atoms with van der Waals surface area (Å²) in [6, 6.07) is 9.87. The largest absolute Gasteiger partial charge is 0.494 e. The van der Waals surface area contributed by atoms with Gasteiger partial charge in [-0.25, -0.2) is 0 Å². The standard InChI is InChI=1S/C13H14O4S/c1-2-7-17-12-5-3-11-9-13(18(14,15)16)6-4-10(11)8-12/h3-6,8-9H,2,7H2,1H3,(H,14,15,16). The van der Waals surface area contributed by atoms with Crippen LogP contribution in [0.15, 0.2) is 41.3 Å². The molecule has 4 nitrogen and oxygen atoms in total. The van der Waals surface area contributed by atoms with Gasteiger partial charge < -0.3 is 4.74 Å². The molecule has 1 N–H and O–H groups in total. The first-order valence-corrected chi connectivity index (χ1v) is 7.09. The van der Waals surface area contributed by atoms with Crippen molar-refractivity contribution in [3.63, 3.8) is 0 Å². The molecule has 0 unspecified atom stereocenters. The van der Waals surface area contributed by atoms with Crippen LogP contribution in [0.1, 0.15) is 13.3 Å². The fourth-order valence-electron chi connectivity index (χ4n) is 1.67. The van der Waals surface area contributed by atoms with Gasteiger partial charge in [-0.05, 0) is 41.5 Å². The van der Waals surface area contributed by atoms with Gasteiger partial charge in [0.15, 0.2) is 0 Å². The van der Waals surface area contributed by atoms with Gasteiger partial charge in [0.1, 0.15) is 5.75 Å². The fourth-order valence-corrected chi connectivity index (χ4v) is 2.19. The van der Waals surface area contributed by atoms with Gasteiger partial charge in [-0.15, -0.1) is 0 Å². The molecule has 0 heterocycles. The molecule has 5 heteroatoms. The molecule has 0 saturated heterocycles. The molecule has 2 rings (SSSR count). The summed E-state index contributed by atoms with van der Waals surface area (Å²) in [7, 11) is -4.15. The first kappa shape index (κ1) is 12.9. The summed E-state index contributed by atoms with van der Waals surface area (Å²) < 4.78 is 36.5. The van der Waals surface area contributed by atoms with Crippen LogP contribution in [-0.4, -0.2) is 19.6 Å². The van der Waals surface area contributed by atoms with E-state index in [0.717, 1.165) is 22.9 Å². The smallest absolute Gasteiger partial charge is 0.294 e. The number of hydrogen-bond donors (Lipinski definition) is 1. The van der Waals surface area contributed by atoms with Crippen LogP contribution in [0.5, 0.6) is 5.75 Å². The maximum atomic E-state index is 11.0. The average molecular weight is 266 g/mol. The van der Waals surface area contributed by atoms with E-state index < -0.39 is 10.1 Å². The van der Waals surface area contributed by atoms with Crippen molar-refractivity contribution in [1.29, 1.82) is 0 Å². The van der Waals surface area contributed by atoms with Crippen LogP contribution in [0.4, 0.5) is 0 Å². The molecular weight excluding hydrogens is 252 g/mol. The van der Waals surface area contributed by atoms with Crippen molar-refractivity contribution in [2.45, 2.75) is 18.2 Å². The second-order valence-corrected chi connectivity index (χ2v) is 5.42. The summed E-state index contributed by atoms with van der Waals surface area (Å²) in [5.74, 6) is 0.754. The van der Waals surface area contributed by atoms with Crippen LogP contribution < -0.4 is 4.74 Å². The molecular formula is C13H14O4S. The molecule has 0 radical (unpaired) electrons. The Morgan fingerprint density at radius 2 is 1.78 bits per heavy atom. The minimum absolute atomic E-state index is 0.0998. The van der Waals surface area contributed by atoms with E-state index >= 15 is 0 Å². The molecule has 2 aromatic rings. The highest BCUT2D eigenvalue weighted by atomic mass is 32.2. The van der Waals surface area contributed by atoms with Crippen molar-refractivity contribution < 1.29 is 17.7 Å². The normalized spacial score (nSPS) is 11.7. The molecule has 0 fully saturated rings. The predicted octanol–water partition coefficient (Wildman–Crippen LogP) is 2.88. The molecule has 0 aromatic heterocycles. The Bertz CT molecular complexity index is 662. The van der Waals surface area contributed by atoms with Crippen molar-refractivity contribution in [2.75, 3.05) is 6.61 Å². The van der Waals surface area contributed by atoms with Gasteiger partial charge in [-0.2, -0.15) is 8.42 Å². The Labute approximate surface area is 106 Å². The predicted molar refractivity (Wildman–Crippen MR) is 69.5 cm³/mol. The molecule has 0 spiro atoms. The average Bonchev–Trinajstić information content (AvgIpc) is 2.34. The summed E-state index contributed by atoms with van der Waals surface area (Å²) in [6.07, 6.45) is 0.930. The van der Waals surface area contributed by atoms with Crippen LogP contribution in [0, 0.1) is 0 Å². The Kier molecular flexibility index (Phi) is 3.54. The lowest BCUT2D eigenvalue weighted by molar-refractivity contribution is 0.318. The fraction of sp³-hybridized carbons (Fsp3) is 0.231. The molecule has 0 atom stereocenters. The quantitative estimate of drug-likeness (QED) is 0.864. The monoisotopic (exact) mass is 266 g/mol. The van der Waals surface area contributed by atoms with Crippen LogP contribution in [0.3, 0.4) is 0 Å². The zero-order valence-corrected chi connectivity index (χ0v) is 10.8. The van der Waals surface area contributed by atoms with E-state index in [-0.39, 0.29) is 4.90 Å². The number of benzene rings is 2. The van der Waals surface area contributed by atoms with Gasteiger partial charge in [0.25, 0.3) is 10.1 Å². The maximum absolute atomic E-state index is 11.0. The first-order valence-electron chi connectivity index (χ1n) is 5.65. The molecule has 0 aliphatic carbocycles. The van der Waals surface area contributed by atoms with Crippen molar-refractivity contribution >= 4 is 20.9 Å². The highest BCUT2D eigenvalue weighted by Gasteiger charge is 2.09. The zero-order valence-electron chi connectivity index (χ0n) is 9.96. The van der Waals surface area contributed by atoms with E-state index in [4.69, 9.17) is 9.29 Å². The number of hydrogen-bond acceptors (Lipinski definition) is 3. The topological polar surface area (TPSA) is 63.6 Å². The lowest BCUT2D eigenvalue weighted by Crippen LogP contribution is -1.98. The molecule has 0 bridgehead atoms. The van der Waals surface area contributed by atoms with Gasteiger partial charge >= 0.3 is 0 Å². The molecule has 96 valence electrons. The number of ether oxygens (including phenoxy) is 1. The van der Waals surface area contributed by atoms with Crippen LogP contribution in [0.2, 0.25) is 0 Å². The second-order valence-electron chi connectivity index (χ2n) is 3.99. The van der Waals surface area contributed by atoms with Crippen LogP contribution in [-0.2, 0) is 10.1 Å². The number of fused-ring (bicyclic) bond motifs is 1. The third kappa shape index (κ3) is 2.80. The summed E-state index contributed by atoms with van der Waals surface area (Å²) in [6.45, 7) is 2.67. The summed E-state index contributed by atoms with van der Waals surface area (Å²) in [4.78, 5) is -0.0998. The van der Waals surface area contributed by atoms with Gasteiger partial charge in [0.05, 0.1) is 11.5 Å². The van der Waals surface area contributed by atoms with Crippen LogP contribution >= 0.6 is 0 Å². The molecule has 2 aromatic carbocycles. The van der Waals surface area contributed by atoms with E-state index in [1.807, 2.05) is 13.0 Å². The Hall–Kier alpha value is -1.59. The van der Waals surface area contributed by atoms with E-state index in [0.29, 0.717) is 6.61 Å². The van der Waals surface area contributed by atoms with Gasteiger partial charge in [0, 0.05) is 0 Å².